The van der Waals surface area contributed by atoms with Crippen LogP contribution in [-0.4, -0.2) is 34.6 Å². The van der Waals surface area contributed by atoms with Gasteiger partial charge in [0.25, 0.3) is 5.91 Å². The number of sulfone groups is 1. The van der Waals surface area contributed by atoms with Gasteiger partial charge in [-0.15, -0.1) is 0 Å². The van der Waals surface area contributed by atoms with E-state index in [2.05, 4.69) is 5.32 Å². The number of furan rings is 1. The van der Waals surface area contributed by atoms with Crippen molar-refractivity contribution in [1.29, 1.82) is 0 Å². The van der Waals surface area contributed by atoms with Crippen LogP contribution < -0.4 is 19.5 Å². The minimum Gasteiger partial charge on any atom is -0.495 e. The first-order chi connectivity index (χ1) is 15.4. The normalized spacial score (nSPS) is 13.9. The van der Waals surface area contributed by atoms with Crippen LogP contribution in [0.15, 0.2) is 63.9 Å². The molecule has 0 fully saturated rings. The summed E-state index contributed by atoms with van der Waals surface area (Å²) in [5.74, 6) is 0.909. The van der Waals surface area contributed by atoms with E-state index in [1.807, 2.05) is 19.1 Å². The second kappa shape index (κ2) is 8.96. The van der Waals surface area contributed by atoms with Gasteiger partial charge in [-0.2, -0.15) is 0 Å². The van der Waals surface area contributed by atoms with Crippen molar-refractivity contribution < 1.29 is 31.8 Å². The average Bonchev–Trinajstić information content (AvgIpc) is 3.26. The van der Waals surface area contributed by atoms with E-state index in [0.29, 0.717) is 24.7 Å². The molecule has 0 spiro atoms. The lowest BCUT2D eigenvalue weighted by molar-refractivity contribution is 0.0910. The highest BCUT2D eigenvalue weighted by atomic mass is 32.2. The Morgan fingerprint density at radius 1 is 1.06 bits per heavy atom. The highest BCUT2D eigenvalue weighted by molar-refractivity contribution is 7.90. The maximum atomic E-state index is 12.8. The Kier molecular flexibility index (Phi) is 6.09. The van der Waals surface area contributed by atoms with E-state index in [-0.39, 0.29) is 28.2 Å². The SMILES string of the molecule is COc1ccccc1S(=O)(=O)Cc1ccc(C(=O)NC(C)c2ccc3c(c2)OCCO3)o1. The van der Waals surface area contributed by atoms with Crippen molar-refractivity contribution in [2.24, 2.45) is 0 Å². The molecular formula is C23H23NO7S. The van der Waals surface area contributed by atoms with Crippen molar-refractivity contribution in [3.63, 3.8) is 0 Å². The molecule has 1 aliphatic rings. The number of ether oxygens (including phenoxy) is 3. The van der Waals surface area contributed by atoms with Gasteiger partial charge < -0.3 is 23.9 Å². The van der Waals surface area contributed by atoms with Crippen LogP contribution >= 0.6 is 0 Å². The molecule has 1 N–H and O–H groups in total. The van der Waals surface area contributed by atoms with Crippen LogP contribution in [0.4, 0.5) is 0 Å². The molecule has 1 amide bonds. The van der Waals surface area contributed by atoms with Gasteiger partial charge in [0.2, 0.25) is 0 Å². The molecule has 168 valence electrons. The zero-order valence-electron chi connectivity index (χ0n) is 17.7. The molecule has 0 radical (unpaired) electrons. The largest absolute Gasteiger partial charge is 0.495 e. The number of benzene rings is 2. The first-order valence-electron chi connectivity index (χ1n) is 10.0. The molecule has 32 heavy (non-hydrogen) atoms. The zero-order chi connectivity index (χ0) is 22.7. The Hall–Kier alpha value is -3.46. The van der Waals surface area contributed by atoms with Gasteiger partial charge in [-0.3, -0.25) is 4.79 Å². The summed E-state index contributed by atoms with van der Waals surface area (Å²) in [5, 5.41) is 2.85. The Bertz CT molecular complexity index is 1230. The lowest BCUT2D eigenvalue weighted by Gasteiger charge is -2.21. The predicted molar refractivity (Wildman–Crippen MR) is 116 cm³/mol. The summed E-state index contributed by atoms with van der Waals surface area (Å²) in [5.41, 5.74) is 0.841. The highest BCUT2D eigenvalue weighted by Gasteiger charge is 2.23. The maximum absolute atomic E-state index is 12.8. The van der Waals surface area contributed by atoms with E-state index in [1.165, 1.54) is 25.3 Å². The first kappa shape index (κ1) is 21.8. The summed E-state index contributed by atoms with van der Waals surface area (Å²) >= 11 is 0. The molecule has 9 heteroatoms. The number of hydrogen-bond donors (Lipinski definition) is 1. The summed E-state index contributed by atoms with van der Waals surface area (Å²) in [6, 6.07) is 14.5. The number of methoxy groups -OCH3 is 1. The van der Waals surface area contributed by atoms with Crippen molar-refractivity contribution in [3.05, 3.63) is 71.7 Å². The van der Waals surface area contributed by atoms with Crippen LogP contribution in [-0.2, 0) is 15.6 Å². The lowest BCUT2D eigenvalue weighted by atomic mass is 10.1. The molecule has 3 aromatic rings. The van der Waals surface area contributed by atoms with Gasteiger partial charge in [-0.1, -0.05) is 18.2 Å². The number of carbonyl (C=O) groups excluding carboxylic acids is 1. The first-order valence-corrected chi connectivity index (χ1v) is 11.7. The van der Waals surface area contributed by atoms with Crippen LogP contribution in [0.25, 0.3) is 0 Å². The standard InChI is InChI=1S/C23H23NO7S/c1-15(16-7-9-18-21(13-16)30-12-11-29-18)24-23(25)20-10-8-17(31-20)14-32(26,27)22-6-4-3-5-19(22)28-2/h3-10,13,15H,11-12,14H2,1-2H3,(H,24,25). The Labute approximate surface area is 186 Å². The minimum atomic E-state index is -3.72. The molecule has 0 saturated carbocycles. The Morgan fingerprint density at radius 3 is 2.59 bits per heavy atom. The number of rotatable bonds is 7. The molecule has 8 nitrogen and oxygen atoms in total. The van der Waals surface area contributed by atoms with Crippen molar-refractivity contribution in [2.45, 2.75) is 23.6 Å². The topological polar surface area (TPSA) is 104 Å². The summed E-state index contributed by atoms with van der Waals surface area (Å²) < 4.78 is 47.3. The predicted octanol–water partition coefficient (Wildman–Crippen LogP) is 3.52. The van der Waals surface area contributed by atoms with Gasteiger partial charge in [-0.25, -0.2) is 8.42 Å². The smallest absolute Gasteiger partial charge is 0.287 e. The monoisotopic (exact) mass is 457 g/mol. The number of para-hydroxylation sites is 1. The summed E-state index contributed by atoms with van der Waals surface area (Å²) in [4.78, 5) is 12.7. The third kappa shape index (κ3) is 4.57. The van der Waals surface area contributed by atoms with Crippen LogP contribution in [0.3, 0.4) is 0 Å². The fourth-order valence-corrected chi connectivity index (χ4v) is 4.83. The van der Waals surface area contributed by atoms with Crippen molar-refractivity contribution >= 4 is 15.7 Å². The summed E-state index contributed by atoms with van der Waals surface area (Å²) in [6.07, 6.45) is 0. The summed E-state index contributed by atoms with van der Waals surface area (Å²) in [7, 11) is -2.31. The quantitative estimate of drug-likeness (QED) is 0.579. The van der Waals surface area contributed by atoms with Gasteiger partial charge in [0.05, 0.1) is 13.2 Å². The van der Waals surface area contributed by atoms with E-state index >= 15 is 0 Å². The maximum Gasteiger partial charge on any atom is 0.287 e. The fourth-order valence-electron chi connectivity index (χ4n) is 3.40. The molecule has 1 unspecified atom stereocenters. The van der Waals surface area contributed by atoms with Crippen LogP contribution in [0.2, 0.25) is 0 Å². The second-order valence-electron chi connectivity index (χ2n) is 7.27. The summed E-state index contributed by atoms with van der Waals surface area (Å²) in [6.45, 7) is 2.82. The van der Waals surface area contributed by atoms with Crippen molar-refractivity contribution in [2.75, 3.05) is 20.3 Å². The van der Waals surface area contributed by atoms with E-state index in [0.717, 1.165) is 5.56 Å². The number of fused-ring (bicyclic) bond motifs is 1. The van der Waals surface area contributed by atoms with Gasteiger partial charge in [0, 0.05) is 0 Å². The molecule has 2 heterocycles. The van der Waals surface area contributed by atoms with Gasteiger partial charge in [-0.05, 0) is 48.9 Å². The van der Waals surface area contributed by atoms with Crippen molar-refractivity contribution in [1.82, 2.24) is 5.32 Å². The number of carbonyl (C=O) groups is 1. The Morgan fingerprint density at radius 2 is 1.81 bits per heavy atom. The molecule has 2 aromatic carbocycles. The zero-order valence-corrected chi connectivity index (χ0v) is 18.5. The molecular weight excluding hydrogens is 434 g/mol. The van der Waals surface area contributed by atoms with E-state index < -0.39 is 21.5 Å². The fraction of sp³-hybridized carbons (Fsp3) is 0.261. The van der Waals surface area contributed by atoms with Crippen LogP contribution in [0.5, 0.6) is 17.2 Å². The molecule has 1 aliphatic heterocycles. The third-order valence-corrected chi connectivity index (χ3v) is 6.71. The number of nitrogens with one attached hydrogen (secondary N) is 1. The number of hydrogen-bond acceptors (Lipinski definition) is 7. The Balaban J connectivity index is 1.44. The van der Waals surface area contributed by atoms with Crippen molar-refractivity contribution in [3.8, 4) is 17.2 Å². The lowest BCUT2D eigenvalue weighted by Crippen LogP contribution is -2.26. The molecule has 4 rings (SSSR count). The second-order valence-corrected chi connectivity index (χ2v) is 9.23. The van der Waals surface area contributed by atoms with E-state index in [9.17, 15) is 13.2 Å². The number of amides is 1. The molecule has 1 aromatic heterocycles. The third-order valence-electron chi connectivity index (χ3n) is 5.04. The minimum absolute atomic E-state index is 0.0274. The molecule has 0 saturated heterocycles. The van der Waals surface area contributed by atoms with Gasteiger partial charge >= 0.3 is 0 Å². The van der Waals surface area contributed by atoms with E-state index in [4.69, 9.17) is 18.6 Å². The van der Waals surface area contributed by atoms with Gasteiger partial charge in [0.1, 0.15) is 35.4 Å². The highest BCUT2D eigenvalue weighted by Crippen LogP contribution is 2.32. The molecule has 1 atom stereocenters. The van der Waals surface area contributed by atoms with E-state index in [1.54, 1.807) is 24.3 Å². The average molecular weight is 458 g/mol. The van der Waals surface area contributed by atoms with Crippen LogP contribution in [0.1, 0.15) is 34.8 Å². The van der Waals surface area contributed by atoms with Crippen LogP contribution in [0, 0.1) is 0 Å². The molecule has 0 aliphatic carbocycles. The van der Waals surface area contributed by atoms with Gasteiger partial charge in [0.15, 0.2) is 27.1 Å². The molecule has 0 bridgehead atoms.